The molecule has 2 aliphatic heterocycles. The first kappa shape index (κ1) is 21.2. The van der Waals surface area contributed by atoms with E-state index < -0.39 is 6.29 Å². The number of aliphatic hydroxyl groups is 1. The molecule has 26 heavy (non-hydrogen) atoms. The van der Waals surface area contributed by atoms with Gasteiger partial charge in [-0.15, -0.1) is 0 Å². The minimum atomic E-state index is -0.405. The summed E-state index contributed by atoms with van der Waals surface area (Å²) in [6.45, 7) is 8.67. The Morgan fingerprint density at radius 3 is 2.50 bits per heavy atom. The Morgan fingerprint density at radius 2 is 1.92 bits per heavy atom. The molecule has 2 heterocycles. The maximum absolute atomic E-state index is 13.1. The fraction of sp³-hybridized carbons (Fsp3) is 0.857. The maximum Gasteiger partial charge on any atom is 0.288 e. The predicted octanol–water partition coefficient (Wildman–Crippen LogP) is 3.72. The van der Waals surface area contributed by atoms with Crippen molar-refractivity contribution < 1.29 is 19.4 Å². The van der Waals surface area contributed by atoms with Gasteiger partial charge in [-0.2, -0.15) is 0 Å². The normalized spacial score (nSPS) is 27.5. The molecule has 0 radical (unpaired) electrons. The van der Waals surface area contributed by atoms with Crippen LogP contribution in [0.1, 0.15) is 65.7 Å². The van der Waals surface area contributed by atoms with E-state index in [1.807, 2.05) is 17.9 Å². The summed E-state index contributed by atoms with van der Waals surface area (Å²) in [5, 5.41) is 9.24. The second-order valence-electron chi connectivity index (χ2n) is 7.88. The van der Waals surface area contributed by atoms with Gasteiger partial charge >= 0.3 is 0 Å². The third-order valence-electron chi connectivity index (χ3n) is 5.58. The minimum Gasteiger partial charge on any atom is -0.459 e. The van der Waals surface area contributed by atoms with Gasteiger partial charge in [0.25, 0.3) is 5.91 Å². The summed E-state index contributed by atoms with van der Waals surface area (Å²) in [4.78, 5) is 15.1. The first-order chi connectivity index (χ1) is 12.6. The Labute approximate surface area is 158 Å². The maximum atomic E-state index is 13.1. The molecule has 0 aromatic heterocycles. The van der Waals surface area contributed by atoms with Gasteiger partial charge in [-0.05, 0) is 50.5 Å². The first-order valence-electron chi connectivity index (χ1n) is 10.5. The molecule has 0 aromatic rings. The Bertz CT molecular complexity index is 455. The zero-order chi connectivity index (χ0) is 18.9. The minimum absolute atomic E-state index is 0.0165. The highest BCUT2D eigenvalue weighted by molar-refractivity contribution is 5.91. The summed E-state index contributed by atoms with van der Waals surface area (Å²) in [5.74, 6) is 1.26. The van der Waals surface area contributed by atoms with Gasteiger partial charge in [-0.1, -0.05) is 33.1 Å². The number of hydrogen-bond acceptors (Lipinski definition) is 4. The lowest BCUT2D eigenvalue weighted by molar-refractivity contribution is -0.178. The highest BCUT2D eigenvalue weighted by atomic mass is 16.7. The van der Waals surface area contributed by atoms with Crippen molar-refractivity contribution in [3.8, 4) is 0 Å². The molecule has 1 saturated heterocycles. The van der Waals surface area contributed by atoms with Crippen LogP contribution in [0, 0.1) is 17.8 Å². The van der Waals surface area contributed by atoms with Gasteiger partial charge in [0.05, 0.1) is 0 Å². The first-order valence-corrected chi connectivity index (χ1v) is 10.5. The lowest BCUT2D eigenvalue weighted by Gasteiger charge is -2.39. The number of hydrogen-bond donors (Lipinski definition) is 1. The van der Waals surface area contributed by atoms with Crippen LogP contribution in [-0.2, 0) is 14.3 Å². The number of likely N-dealkylation sites (tertiary alicyclic amines) is 1. The van der Waals surface area contributed by atoms with E-state index in [4.69, 9.17) is 9.47 Å². The van der Waals surface area contributed by atoms with Crippen LogP contribution >= 0.6 is 0 Å². The molecular formula is C21H37NO4. The second-order valence-corrected chi connectivity index (χ2v) is 7.88. The van der Waals surface area contributed by atoms with Crippen LogP contribution in [0.25, 0.3) is 0 Å². The fourth-order valence-electron chi connectivity index (χ4n) is 4.12. The number of allylic oxidation sites excluding steroid dienone is 1. The fourth-order valence-corrected chi connectivity index (χ4v) is 4.12. The molecule has 2 aliphatic rings. The van der Waals surface area contributed by atoms with Crippen LogP contribution in [0.15, 0.2) is 11.8 Å². The van der Waals surface area contributed by atoms with Crippen LogP contribution in [-0.4, -0.2) is 48.5 Å². The molecule has 150 valence electrons. The molecule has 0 bridgehead atoms. The van der Waals surface area contributed by atoms with Gasteiger partial charge in [-0.3, -0.25) is 4.79 Å². The predicted molar refractivity (Wildman–Crippen MR) is 102 cm³/mol. The van der Waals surface area contributed by atoms with Gasteiger partial charge in [0.15, 0.2) is 5.76 Å². The van der Waals surface area contributed by atoms with Gasteiger partial charge in [0, 0.05) is 32.2 Å². The summed E-state index contributed by atoms with van der Waals surface area (Å²) in [6.07, 6.45) is 9.00. The van der Waals surface area contributed by atoms with Crippen molar-refractivity contribution in [2.75, 3.05) is 26.3 Å². The van der Waals surface area contributed by atoms with E-state index in [2.05, 4.69) is 13.8 Å². The van der Waals surface area contributed by atoms with Crippen molar-refractivity contribution in [2.45, 2.75) is 72.0 Å². The number of rotatable bonds is 7. The molecule has 0 unspecified atom stereocenters. The molecule has 0 saturated carbocycles. The summed E-state index contributed by atoms with van der Waals surface area (Å²) >= 11 is 0. The molecule has 5 heteroatoms. The van der Waals surface area contributed by atoms with Gasteiger partial charge in [0.2, 0.25) is 6.29 Å². The van der Waals surface area contributed by atoms with Crippen LogP contribution in [0.3, 0.4) is 0 Å². The van der Waals surface area contributed by atoms with Crippen LogP contribution < -0.4 is 0 Å². The van der Waals surface area contributed by atoms with E-state index in [1.54, 1.807) is 0 Å². The Kier molecular flexibility index (Phi) is 8.93. The Morgan fingerprint density at radius 1 is 1.27 bits per heavy atom. The molecule has 0 aliphatic carbocycles. The molecule has 0 spiro atoms. The third-order valence-corrected chi connectivity index (χ3v) is 5.58. The largest absolute Gasteiger partial charge is 0.459 e. The van der Waals surface area contributed by atoms with E-state index in [-0.39, 0.29) is 24.3 Å². The van der Waals surface area contributed by atoms with E-state index >= 15 is 0 Å². The van der Waals surface area contributed by atoms with Crippen molar-refractivity contribution in [1.29, 1.82) is 0 Å². The molecule has 1 amide bonds. The van der Waals surface area contributed by atoms with Crippen molar-refractivity contribution in [1.82, 2.24) is 4.90 Å². The molecular weight excluding hydrogens is 330 g/mol. The number of carbonyl (C=O) groups is 1. The SMILES string of the molecule is CCO[C@H]1OC(C(=O)N2CCCCCCC2)=C[C@@H](C(C)C)[C@@H]1CCCO. The highest BCUT2D eigenvalue weighted by Crippen LogP contribution is 2.37. The topological polar surface area (TPSA) is 59.0 Å². The summed E-state index contributed by atoms with van der Waals surface area (Å²) in [7, 11) is 0. The smallest absolute Gasteiger partial charge is 0.288 e. The van der Waals surface area contributed by atoms with E-state index in [0.29, 0.717) is 18.3 Å². The highest BCUT2D eigenvalue weighted by Gasteiger charge is 2.39. The summed E-state index contributed by atoms with van der Waals surface area (Å²) in [5.41, 5.74) is 0. The zero-order valence-electron chi connectivity index (χ0n) is 16.8. The second kappa shape index (κ2) is 10.9. The molecule has 1 fully saturated rings. The van der Waals surface area contributed by atoms with Crippen molar-refractivity contribution in [3.05, 3.63) is 11.8 Å². The van der Waals surface area contributed by atoms with Crippen LogP contribution in [0.4, 0.5) is 0 Å². The number of aliphatic hydroxyl groups excluding tert-OH is 1. The lowest BCUT2D eigenvalue weighted by atomic mass is 9.78. The monoisotopic (exact) mass is 367 g/mol. The van der Waals surface area contributed by atoms with Crippen LogP contribution in [0.2, 0.25) is 0 Å². The van der Waals surface area contributed by atoms with Crippen molar-refractivity contribution in [2.24, 2.45) is 17.8 Å². The molecule has 3 atom stereocenters. The zero-order valence-corrected chi connectivity index (χ0v) is 16.8. The van der Waals surface area contributed by atoms with Gasteiger partial charge in [-0.25, -0.2) is 0 Å². The average Bonchev–Trinajstić information content (AvgIpc) is 2.59. The molecule has 0 aromatic carbocycles. The molecule has 2 rings (SSSR count). The van der Waals surface area contributed by atoms with Gasteiger partial charge < -0.3 is 19.5 Å². The van der Waals surface area contributed by atoms with Crippen molar-refractivity contribution in [3.63, 3.8) is 0 Å². The standard InChI is InChI=1S/C21H37NO4/c1-4-25-21-17(11-10-14-23)18(16(2)3)15-19(26-21)20(24)22-12-8-6-5-7-9-13-22/h15-18,21,23H,4-14H2,1-3H3/t17-,18-,21-/m0/s1. The van der Waals surface area contributed by atoms with Crippen LogP contribution in [0.5, 0.6) is 0 Å². The average molecular weight is 368 g/mol. The van der Waals surface area contributed by atoms with E-state index in [1.165, 1.54) is 19.3 Å². The summed E-state index contributed by atoms with van der Waals surface area (Å²) in [6, 6.07) is 0. The molecule has 5 nitrogen and oxygen atoms in total. The number of ether oxygens (including phenoxy) is 2. The number of carbonyl (C=O) groups excluding carboxylic acids is 1. The van der Waals surface area contributed by atoms with Gasteiger partial charge in [0.1, 0.15) is 0 Å². The number of amides is 1. The third kappa shape index (κ3) is 5.71. The van der Waals surface area contributed by atoms with E-state index in [9.17, 15) is 9.90 Å². The number of nitrogens with zero attached hydrogens (tertiary/aromatic N) is 1. The Balaban J connectivity index is 2.18. The Hall–Kier alpha value is -1.07. The lowest BCUT2D eigenvalue weighted by Crippen LogP contribution is -2.43. The summed E-state index contributed by atoms with van der Waals surface area (Å²) < 4.78 is 11.9. The molecule has 1 N–H and O–H groups in total. The quantitative estimate of drug-likeness (QED) is 0.745. The van der Waals surface area contributed by atoms with E-state index in [0.717, 1.165) is 38.8 Å². The van der Waals surface area contributed by atoms with Crippen molar-refractivity contribution >= 4 is 5.91 Å².